The van der Waals surface area contributed by atoms with E-state index < -0.39 is 0 Å². The van der Waals surface area contributed by atoms with Gasteiger partial charge in [-0.25, -0.2) is 9.48 Å². The summed E-state index contributed by atoms with van der Waals surface area (Å²) in [5.74, 6) is 0.0583. The van der Waals surface area contributed by atoms with E-state index in [2.05, 4.69) is 20.9 Å². The molecule has 1 aliphatic rings. The highest BCUT2D eigenvalue weighted by molar-refractivity contribution is 5.97. The first-order chi connectivity index (χ1) is 13.7. The predicted octanol–water partition coefficient (Wildman–Crippen LogP) is 1.39. The van der Waals surface area contributed by atoms with Gasteiger partial charge in [0.2, 0.25) is 0 Å². The fourth-order valence-electron chi connectivity index (χ4n) is 3.31. The van der Waals surface area contributed by atoms with Crippen molar-refractivity contribution in [3.05, 3.63) is 23.8 Å². The molecule has 1 saturated heterocycles. The van der Waals surface area contributed by atoms with Gasteiger partial charge >= 0.3 is 6.03 Å². The first-order valence-corrected chi connectivity index (χ1v) is 9.82. The summed E-state index contributed by atoms with van der Waals surface area (Å²) < 4.78 is 6.67. The van der Waals surface area contributed by atoms with Gasteiger partial charge in [-0.05, 0) is 43.9 Å². The minimum atomic E-state index is -0.213. The largest absolute Gasteiger partial charge is 0.385 e. The fourth-order valence-corrected chi connectivity index (χ4v) is 3.31. The number of rotatable bonds is 8. The van der Waals surface area contributed by atoms with Crippen LogP contribution in [0.2, 0.25) is 0 Å². The van der Waals surface area contributed by atoms with Gasteiger partial charge in [-0.2, -0.15) is 0 Å². The molecular weight excluding hydrogens is 360 g/mol. The number of hydrogen-bond acceptors (Lipinski definition) is 5. The van der Waals surface area contributed by atoms with Gasteiger partial charge in [-0.15, -0.1) is 5.10 Å². The quantitative estimate of drug-likeness (QED) is 0.666. The Morgan fingerprint density at radius 3 is 2.71 bits per heavy atom. The van der Waals surface area contributed by atoms with Crippen LogP contribution in [-0.4, -0.2) is 71.7 Å². The number of urea groups is 1. The van der Waals surface area contributed by atoms with Gasteiger partial charge in [0, 0.05) is 45.5 Å². The fraction of sp³-hybridized carbons (Fsp3) is 0.579. The van der Waals surface area contributed by atoms with Crippen LogP contribution in [0.3, 0.4) is 0 Å². The molecule has 152 valence electrons. The smallest absolute Gasteiger partial charge is 0.314 e. The molecule has 3 rings (SSSR count). The van der Waals surface area contributed by atoms with E-state index in [1.165, 1.54) is 6.42 Å². The molecule has 0 radical (unpaired) electrons. The third-order valence-corrected chi connectivity index (χ3v) is 4.82. The Morgan fingerprint density at radius 2 is 1.93 bits per heavy atom. The molecule has 9 heteroatoms. The second-order valence-electron chi connectivity index (χ2n) is 6.90. The number of fused-ring (bicyclic) bond motifs is 1. The van der Waals surface area contributed by atoms with Crippen molar-refractivity contribution in [2.45, 2.75) is 32.2 Å². The van der Waals surface area contributed by atoms with Crippen molar-refractivity contribution in [2.75, 3.05) is 39.9 Å². The highest BCUT2D eigenvalue weighted by atomic mass is 16.5. The summed E-state index contributed by atoms with van der Waals surface area (Å²) in [5.41, 5.74) is 2.18. The first kappa shape index (κ1) is 20.1. The number of nitrogens with one attached hydrogen (secondary N) is 2. The van der Waals surface area contributed by atoms with Crippen molar-refractivity contribution in [3.8, 4) is 0 Å². The van der Waals surface area contributed by atoms with Gasteiger partial charge in [-0.1, -0.05) is 5.21 Å². The minimum absolute atomic E-state index is 0.0583. The van der Waals surface area contributed by atoms with Crippen LogP contribution in [-0.2, 0) is 11.3 Å². The van der Waals surface area contributed by atoms with Crippen molar-refractivity contribution in [1.29, 1.82) is 0 Å². The molecule has 0 atom stereocenters. The lowest BCUT2D eigenvalue weighted by Gasteiger charge is -2.26. The van der Waals surface area contributed by atoms with E-state index in [-0.39, 0.29) is 11.9 Å². The molecule has 0 spiro atoms. The monoisotopic (exact) mass is 388 g/mol. The van der Waals surface area contributed by atoms with Crippen molar-refractivity contribution in [3.63, 3.8) is 0 Å². The zero-order valence-electron chi connectivity index (χ0n) is 16.3. The van der Waals surface area contributed by atoms with Gasteiger partial charge in [0.05, 0.1) is 12.1 Å². The Balaban J connectivity index is 1.52. The molecule has 1 aromatic carbocycles. The van der Waals surface area contributed by atoms with Gasteiger partial charge in [0.15, 0.2) is 0 Å². The number of piperidine rings is 1. The Labute approximate surface area is 164 Å². The minimum Gasteiger partial charge on any atom is -0.385 e. The summed E-state index contributed by atoms with van der Waals surface area (Å²) in [6, 6.07) is 5.29. The number of nitrogens with zero attached hydrogens (tertiary/aromatic N) is 4. The van der Waals surface area contributed by atoms with Crippen LogP contribution in [0.5, 0.6) is 0 Å². The normalized spacial score (nSPS) is 14.2. The van der Waals surface area contributed by atoms with E-state index in [1.807, 2.05) is 17.0 Å². The van der Waals surface area contributed by atoms with E-state index in [9.17, 15) is 9.59 Å². The number of benzene rings is 1. The van der Waals surface area contributed by atoms with Gasteiger partial charge in [0.25, 0.3) is 5.91 Å². The van der Waals surface area contributed by atoms with Crippen LogP contribution < -0.4 is 10.6 Å². The summed E-state index contributed by atoms with van der Waals surface area (Å²) >= 11 is 0. The molecule has 1 fully saturated rings. The van der Waals surface area contributed by atoms with Crippen molar-refractivity contribution in [2.24, 2.45) is 0 Å². The van der Waals surface area contributed by atoms with Gasteiger partial charge < -0.3 is 20.3 Å². The molecule has 28 heavy (non-hydrogen) atoms. The topological polar surface area (TPSA) is 101 Å². The maximum absolute atomic E-state index is 12.6. The maximum Gasteiger partial charge on any atom is 0.314 e. The molecule has 0 saturated carbocycles. The summed E-state index contributed by atoms with van der Waals surface area (Å²) in [5, 5.41) is 13.9. The number of aromatic nitrogens is 3. The molecular formula is C19H28N6O3. The van der Waals surface area contributed by atoms with E-state index >= 15 is 0 Å². The van der Waals surface area contributed by atoms with Gasteiger partial charge in [-0.3, -0.25) is 4.79 Å². The van der Waals surface area contributed by atoms with Crippen molar-refractivity contribution >= 4 is 23.0 Å². The number of likely N-dealkylation sites (tertiary alicyclic amines) is 1. The highest BCUT2D eigenvalue weighted by Crippen LogP contribution is 2.17. The Hall–Kier alpha value is -2.68. The summed E-state index contributed by atoms with van der Waals surface area (Å²) in [4.78, 5) is 26.3. The Kier molecular flexibility index (Phi) is 7.18. The third-order valence-electron chi connectivity index (χ3n) is 4.82. The van der Waals surface area contributed by atoms with Crippen molar-refractivity contribution in [1.82, 2.24) is 30.5 Å². The van der Waals surface area contributed by atoms with Crippen LogP contribution in [0.1, 0.15) is 36.0 Å². The lowest BCUT2D eigenvalue weighted by molar-refractivity contribution is 0.0724. The second-order valence-corrected chi connectivity index (χ2v) is 6.90. The van der Waals surface area contributed by atoms with E-state index in [0.29, 0.717) is 37.3 Å². The molecule has 2 N–H and O–H groups in total. The van der Waals surface area contributed by atoms with Crippen LogP contribution in [0, 0.1) is 0 Å². The summed E-state index contributed by atoms with van der Waals surface area (Å²) in [6.07, 6.45) is 4.10. The van der Waals surface area contributed by atoms with Gasteiger partial charge in [0.1, 0.15) is 5.52 Å². The molecule has 3 amide bonds. The lowest BCUT2D eigenvalue weighted by atomic mass is 10.1. The maximum atomic E-state index is 12.6. The molecule has 9 nitrogen and oxygen atoms in total. The molecule has 0 bridgehead atoms. The highest BCUT2D eigenvalue weighted by Gasteiger charge is 2.19. The number of ether oxygens (including phenoxy) is 1. The zero-order chi connectivity index (χ0) is 19.8. The lowest BCUT2D eigenvalue weighted by Crippen LogP contribution is -2.38. The van der Waals surface area contributed by atoms with Crippen LogP contribution in [0.25, 0.3) is 11.0 Å². The first-order valence-electron chi connectivity index (χ1n) is 9.82. The van der Waals surface area contributed by atoms with E-state index in [4.69, 9.17) is 4.74 Å². The standard InChI is InChI=1S/C19H28N6O3/c1-28-13-5-8-20-19(27)21-9-12-25-17-7-6-15(14-16(17)22-23-25)18(26)24-10-3-2-4-11-24/h6-7,14H,2-5,8-13H2,1H3,(H2,20,21,27). The molecule has 1 aliphatic heterocycles. The second kappa shape index (κ2) is 10.0. The number of carbonyl (C=O) groups is 2. The number of amides is 3. The van der Waals surface area contributed by atoms with E-state index in [1.54, 1.807) is 17.9 Å². The molecule has 0 unspecified atom stereocenters. The van der Waals surface area contributed by atoms with E-state index in [0.717, 1.165) is 37.9 Å². The molecule has 2 aromatic rings. The molecule has 0 aliphatic carbocycles. The van der Waals surface area contributed by atoms with Crippen LogP contribution in [0.4, 0.5) is 4.79 Å². The summed E-state index contributed by atoms with van der Waals surface area (Å²) in [6.45, 7) is 3.77. The Bertz CT molecular complexity index is 800. The SMILES string of the molecule is COCCCNC(=O)NCCn1nnc2cc(C(=O)N3CCCCC3)ccc21. The average Bonchev–Trinajstić information content (AvgIpc) is 3.13. The molecule has 2 heterocycles. The van der Waals surface area contributed by atoms with Crippen molar-refractivity contribution < 1.29 is 14.3 Å². The molecule has 1 aromatic heterocycles. The summed E-state index contributed by atoms with van der Waals surface area (Å²) in [7, 11) is 1.63. The number of methoxy groups -OCH3 is 1. The Morgan fingerprint density at radius 1 is 1.14 bits per heavy atom. The van der Waals surface area contributed by atoms with Crippen LogP contribution >= 0.6 is 0 Å². The zero-order valence-corrected chi connectivity index (χ0v) is 16.3. The third kappa shape index (κ3) is 5.19. The predicted molar refractivity (Wildman–Crippen MR) is 105 cm³/mol. The number of hydrogen-bond donors (Lipinski definition) is 2. The number of carbonyl (C=O) groups excluding carboxylic acids is 2. The average molecular weight is 388 g/mol. The van der Waals surface area contributed by atoms with Crippen LogP contribution in [0.15, 0.2) is 18.2 Å².